The lowest BCUT2D eigenvalue weighted by molar-refractivity contribution is 0.383. The van der Waals surface area contributed by atoms with Gasteiger partial charge in [0.1, 0.15) is 5.75 Å². The average Bonchev–Trinajstić information content (AvgIpc) is 2.87. The molecule has 5 nitrogen and oxygen atoms in total. The van der Waals surface area contributed by atoms with Crippen molar-refractivity contribution in [3.8, 4) is 5.75 Å². The van der Waals surface area contributed by atoms with E-state index in [0.717, 1.165) is 35.7 Å². The number of hydrogen-bond donors (Lipinski definition) is 2. The predicted octanol–water partition coefficient (Wildman–Crippen LogP) is 2.03. The Morgan fingerprint density at radius 1 is 1.37 bits per heavy atom. The Kier molecular flexibility index (Phi) is 4.80. The van der Waals surface area contributed by atoms with Crippen LogP contribution in [0.3, 0.4) is 0 Å². The van der Waals surface area contributed by atoms with Crippen LogP contribution in [0.2, 0.25) is 0 Å². The fourth-order valence-electron chi connectivity index (χ4n) is 1.88. The lowest BCUT2D eigenvalue weighted by atomic mass is 10.1. The third-order valence-electron chi connectivity index (χ3n) is 2.88. The summed E-state index contributed by atoms with van der Waals surface area (Å²) < 4.78 is 10.6. The SMILES string of the molecule is COc1ccccc1Cc1oncc1NCCCN. The number of ether oxygens (including phenoxy) is 1. The summed E-state index contributed by atoms with van der Waals surface area (Å²) in [5.74, 6) is 1.66. The van der Waals surface area contributed by atoms with Gasteiger partial charge in [-0.25, -0.2) is 0 Å². The third kappa shape index (κ3) is 3.48. The molecule has 1 heterocycles. The van der Waals surface area contributed by atoms with Crippen molar-refractivity contribution in [3.05, 3.63) is 41.8 Å². The Morgan fingerprint density at radius 2 is 2.21 bits per heavy atom. The second-order valence-corrected chi connectivity index (χ2v) is 4.22. The van der Waals surface area contributed by atoms with Gasteiger partial charge in [-0.1, -0.05) is 23.4 Å². The maximum absolute atomic E-state index is 5.47. The number of hydrogen-bond acceptors (Lipinski definition) is 5. The van der Waals surface area contributed by atoms with E-state index in [-0.39, 0.29) is 0 Å². The molecule has 0 unspecified atom stereocenters. The van der Waals surface area contributed by atoms with E-state index < -0.39 is 0 Å². The van der Waals surface area contributed by atoms with E-state index in [1.165, 1.54) is 0 Å². The summed E-state index contributed by atoms with van der Waals surface area (Å²) in [7, 11) is 1.67. The van der Waals surface area contributed by atoms with Crippen molar-refractivity contribution >= 4 is 5.69 Å². The molecule has 0 aliphatic carbocycles. The lowest BCUT2D eigenvalue weighted by Gasteiger charge is -2.08. The molecule has 5 heteroatoms. The van der Waals surface area contributed by atoms with Gasteiger partial charge in [-0.15, -0.1) is 0 Å². The second kappa shape index (κ2) is 6.80. The Morgan fingerprint density at radius 3 is 3.00 bits per heavy atom. The standard InChI is InChI=1S/C14H19N3O2/c1-18-13-6-3-2-5-11(13)9-14-12(10-17-19-14)16-8-4-7-15/h2-3,5-6,10,16H,4,7-9,15H2,1H3. The monoisotopic (exact) mass is 261 g/mol. The minimum absolute atomic E-state index is 0.648. The molecule has 0 amide bonds. The largest absolute Gasteiger partial charge is 0.496 e. The van der Waals surface area contributed by atoms with E-state index in [0.29, 0.717) is 13.0 Å². The zero-order valence-electron chi connectivity index (χ0n) is 11.1. The highest BCUT2D eigenvalue weighted by molar-refractivity contribution is 5.48. The minimum atomic E-state index is 0.648. The van der Waals surface area contributed by atoms with E-state index in [9.17, 15) is 0 Å². The molecule has 0 aliphatic rings. The molecule has 0 fully saturated rings. The summed E-state index contributed by atoms with van der Waals surface area (Å²) in [6.45, 7) is 1.48. The summed E-state index contributed by atoms with van der Waals surface area (Å²) in [5.41, 5.74) is 7.46. The molecular weight excluding hydrogens is 242 g/mol. The van der Waals surface area contributed by atoms with Crippen molar-refractivity contribution in [1.29, 1.82) is 0 Å². The topological polar surface area (TPSA) is 73.3 Å². The number of nitrogens with one attached hydrogen (secondary N) is 1. The van der Waals surface area contributed by atoms with Gasteiger partial charge >= 0.3 is 0 Å². The van der Waals surface area contributed by atoms with Gasteiger partial charge in [0.15, 0.2) is 5.76 Å². The molecule has 0 aliphatic heterocycles. The molecule has 3 N–H and O–H groups in total. The van der Waals surface area contributed by atoms with Crippen LogP contribution in [-0.2, 0) is 6.42 Å². The molecule has 1 aromatic heterocycles. The number of anilines is 1. The number of nitrogens with zero attached hydrogens (tertiary/aromatic N) is 1. The van der Waals surface area contributed by atoms with Gasteiger partial charge in [-0.3, -0.25) is 0 Å². The van der Waals surface area contributed by atoms with Crippen LogP contribution in [0.5, 0.6) is 5.75 Å². The average molecular weight is 261 g/mol. The van der Waals surface area contributed by atoms with Crippen molar-refractivity contribution in [2.45, 2.75) is 12.8 Å². The molecule has 0 bridgehead atoms. The summed E-state index contributed by atoms with van der Waals surface area (Å²) in [4.78, 5) is 0. The first-order chi connectivity index (χ1) is 9.35. The van der Waals surface area contributed by atoms with Crippen LogP contribution in [0.1, 0.15) is 17.7 Å². The smallest absolute Gasteiger partial charge is 0.164 e. The van der Waals surface area contributed by atoms with Crippen LogP contribution >= 0.6 is 0 Å². The maximum atomic E-state index is 5.47. The van der Waals surface area contributed by atoms with Crippen LogP contribution < -0.4 is 15.8 Å². The van der Waals surface area contributed by atoms with Crippen molar-refractivity contribution in [2.24, 2.45) is 5.73 Å². The Labute approximate surface area is 112 Å². The molecule has 19 heavy (non-hydrogen) atoms. The normalized spacial score (nSPS) is 10.4. The molecule has 1 aromatic carbocycles. The minimum Gasteiger partial charge on any atom is -0.496 e. The van der Waals surface area contributed by atoms with Crippen LogP contribution in [0.15, 0.2) is 35.0 Å². The zero-order valence-corrected chi connectivity index (χ0v) is 11.1. The van der Waals surface area contributed by atoms with Gasteiger partial charge in [0.25, 0.3) is 0 Å². The van der Waals surface area contributed by atoms with Crippen LogP contribution in [0, 0.1) is 0 Å². The molecule has 0 saturated heterocycles. The summed E-state index contributed by atoms with van der Waals surface area (Å²) in [6.07, 6.45) is 3.26. The number of nitrogens with two attached hydrogens (primary N) is 1. The highest BCUT2D eigenvalue weighted by Crippen LogP contribution is 2.24. The van der Waals surface area contributed by atoms with Gasteiger partial charge < -0.3 is 20.3 Å². The molecule has 2 rings (SSSR count). The second-order valence-electron chi connectivity index (χ2n) is 4.22. The Hall–Kier alpha value is -2.01. The Balaban J connectivity index is 2.08. The first-order valence-electron chi connectivity index (χ1n) is 6.34. The first-order valence-corrected chi connectivity index (χ1v) is 6.34. The molecule has 0 radical (unpaired) electrons. The number of aromatic nitrogens is 1. The van der Waals surface area contributed by atoms with E-state index in [2.05, 4.69) is 10.5 Å². The van der Waals surface area contributed by atoms with Crippen LogP contribution in [0.4, 0.5) is 5.69 Å². The van der Waals surface area contributed by atoms with E-state index >= 15 is 0 Å². The number of rotatable bonds is 7. The Bertz CT molecular complexity index is 511. The van der Waals surface area contributed by atoms with Crippen LogP contribution in [0.25, 0.3) is 0 Å². The lowest BCUT2D eigenvalue weighted by Crippen LogP contribution is -2.09. The number of para-hydroxylation sites is 1. The van der Waals surface area contributed by atoms with Crippen LogP contribution in [-0.4, -0.2) is 25.4 Å². The fraction of sp³-hybridized carbons (Fsp3) is 0.357. The summed E-state index contributed by atoms with van der Waals surface area (Å²) in [5, 5.41) is 7.12. The molecule has 0 spiro atoms. The van der Waals surface area contributed by atoms with E-state index in [1.807, 2.05) is 24.3 Å². The van der Waals surface area contributed by atoms with Gasteiger partial charge in [-0.05, 0) is 19.0 Å². The van der Waals surface area contributed by atoms with Gasteiger partial charge in [-0.2, -0.15) is 0 Å². The number of methoxy groups -OCH3 is 1. The predicted molar refractivity (Wildman–Crippen MR) is 74.5 cm³/mol. The molecule has 0 saturated carbocycles. The summed E-state index contributed by atoms with van der Waals surface area (Å²) in [6, 6.07) is 7.89. The van der Waals surface area contributed by atoms with Gasteiger partial charge in [0.2, 0.25) is 0 Å². The van der Waals surface area contributed by atoms with Crippen molar-refractivity contribution in [3.63, 3.8) is 0 Å². The summed E-state index contributed by atoms with van der Waals surface area (Å²) >= 11 is 0. The fourth-order valence-corrected chi connectivity index (χ4v) is 1.88. The molecule has 2 aromatic rings. The molecule has 0 atom stereocenters. The molecule has 102 valence electrons. The van der Waals surface area contributed by atoms with Gasteiger partial charge in [0, 0.05) is 18.5 Å². The van der Waals surface area contributed by atoms with Crippen molar-refractivity contribution < 1.29 is 9.26 Å². The van der Waals surface area contributed by atoms with Crippen molar-refractivity contribution in [2.75, 3.05) is 25.5 Å². The van der Waals surface area contributed by atoms with Crippen molar-refractivity contribution in [1.82, 2.24) is 5.16 Å². The number of benzene rings is 1. The molecular formula is C14H19N3O2. The highest BCUT2D eigenvalue weighted by atomic mass is 16.5. The zero-order chi connectivity index (χ0) is 13.5. The third-order valence-corrected chi connectivity index (χ3v) is 2.88. The van der Waals surface area contributed by atoms with Gasteiger partial charge in [0.05, 0.1) is 19.0 Å². The first kappa shape index (κ1) is 13.4. The maximum Gasteiger partial charge on any atom is 0.164 e. The van der Waals surface area contributed by atoms with E-state index in [1.54, 1.807) is 13.3 Å². The van der Waals surface area contributed by atoms with E-state index in [4.69, 9.17) is 15.0 Å². The highest BCUT2D eigenvalue weighted by Gasteiger charge is 2.11. The quantitative estimate of drug-likeness (QED) is 0.746.